The van der Waals surface area contributed by atoms with E-state index in [0.29, 0.717) is 24.5 Å². The van der Waals surface area contributed by atoms with E-state index in [-0.39, 0.29) is 11.6 Å². The van der Waals surface area contributed by atoms with Crippen LogP contribution in [0.15, 0.2) is 36.8 Å². The molecule has 1 unspecified atom stereocenters. The third kappa shape index (κ3) is 4.96. The summed E-state index contributed by atoms with van der Waals surface area (Å²) in [6.07, 6.45) is 7.48. The molecule has 9 heteroatoms. The summed E-state index contributed by atoms with van der Waals surface area (Å²) in [5.41, 5.74) is 3.27. The van der Waals surface area contributed by atoms with Crippen LogP contribution in [0.25, 0.3) is 16.6 Å². The van der Waals surface area contributed by atoms with Gasteiger partial charge in [-0.25, -0.2) is 9.50 Å². The Balaban J connectivity index is 1.39. The van der Waals surface area contributed by atoms with Crippen molar-refractivity contribution < 1.29 is 9.47 Å². The standard InChI is InChI=1S/C26H33N7O2/c1-26(28-2)6-8-32(9-7-26)24-5-4-19(14-29-24)23-12-21(17-33-25(23)20(13-27)15-30-33)35-18-22-16-31(3)10-11-34-22/h4-5,12,14-15,17,22,28H,6-11,16,18H2,1-3H3. The van der Waals surface area contributed by atoms with Crippen LogP contribution in [-0.2, 0) is 4.74 Å². The van der Waals surface area contributed by atoms with Crippen LogP contribution in [0.5, 0.6) is 5.75 Å². The molecular weight excluding hydrogens is 442 g/mol. The minimum Gasteiger partial charge on any atom is -0.489 e. The van der Waals surface area contributed by atoms with E-state index in [1.165, 1.54) is 0 Å². The molecule has 35 heavy (non-hydrogen) atoms. The molecule has 2 aliphatic heterocycles. The molecule has 3 aromatic rings. The zero-order valence-electron chi connectivity index (χ0n) is 20.7. The van der Waals surface area contributed by atoms with Crippen molar-refractivity contribution in [1.29, 1.82) is 5.26 Å². The minimum atomic E-state index is 0.0236. The van der Waals surface area contributed by atoms with E-state index in [2.05, 4.69) is 52.4 Å². The Morgan fingerprint density at radius 1 is 1.26 bits per heavy atom. The molecule has 0 spiro atoms. The Labute approximate surface area is 206 Å². The van der Waals surface area contributed by atoms with Crippen LogP contribution < -0.4 is 15.0 Å². The summed E-state index contributed by atoms with van der Waals surface area (Å²) in [5, 5.41) is 17.5. The maximum atomic E-state index is 9.66. The first-order valence-electron chi connectivity index (χ1n) is 12.2. The second-order valence-corrected chi connectivity index (χ2v) is 9.82. The van der Waals surface area contributed by atoms with Crippen molar-refractivity contribution in [2.45, 2.75) is 31.4 Å². The van der Waals surface area contributed by atoms with E-state index >= 15 is 0 Å². The van der Waals surface area contributed by atoms with Gasteiger partial charge in [0.1, 0.15) is 30.3 Å². The number of fused-ring (bicyclic) bond motifs is 1. The van der Waals surface area contributed by atoms with Crippen molar-refractivity contribution in [2.24, 2.45) is 0 Å². The zero-order valence-corrected chi connectivity index (χ0v) is 20.7. The maximum absolute atomic E-state index is 9.66. The molecule has 0 amide bonds. The van der Waals surface area contributed by atoms with E-state index in [1.54, 1.807) is 10.7 Å². The summed E-state index contributed by atoms with van der Waals surface area (Å²) >= 11 is 0. The number of ether oxygens (including phenoxy) is 2. The number of nitrogens with zero attached hydrogens (tertiary/aromatic N) is 6. The molecule has 2 fully saturated rings. The lowest BCUT2D eigenvalue weighted by molar-refractivity contribution is -0.0404. The van der Waals surface area contributed by atoms with Crippen molar-refractivity contribution in [3.05, 3.63) is 42.4 Å². The van der Waals surface area contributed by atoms with Crippen LogP contribution in [-0.4, -0.2) is 84.6 Å². The molecule has 1 atom stereocenters. The number of nitriles is 1. The van der Waals surface area contributed by atoms with Gasteiger partial charge < -0.3 is 24.6 Å². The van der Waals surface area contributed by atoms with Crippen molar-refractivity contribution in [2.75, 3.05) is 58.4 Å². The number of pyridine rings is 2. The Kier molecular flexibility index (Phi) is 6.60. The number of nitrogens with one attached hydrogen (secondary N) is 1. The van der Waals surface area contributed by atoms with Gasteiger partial charge in [0.15, 0.2) is 0 Å². The molecule has 0 aromatic carbocycles. The van der Waals surface area contributed by atoms with Gasteiger partial charge in [-0.1, -0.05) is 0 Å². The number of likely N-dealkylation sites (N-methyl/N-ethyl adjacent to an activating group) is 1. The molecule has 0 aliphatic carbocycles. The van der Waals surface area contributed by atoms with Gasteiger partial charge in [-0.05, 0) is 52.1 Å². The van der Waals surface area contributed by atoms with Crippen LogP contribution in [0.2, 0.25) is 0 Å². The Hall–Kier alpha value is -3.19. The predicted octanol–water partition coefficient (Wildman–Crippen LogP) is 2.56. The van der Waals surface area contributed by atoms with E-state index in [0.717, 1.165) is 61.5 Å². The van der Waals surface area contributed by atoms with E-state index in [4.69, 9.17) is 14.5 Å². The van der Waals surface area contributed by atoms with E-state index < -0.39 is 0 Å². The highest BCUT2D eigenvalue weighted by molar-refractivity contribution is 5.85. The minimum absolute atomic E-state index is 0.0236. The topological polar surface area (TPSA) is 91.0 Å². The second-order valence-electron chi connectivity index (χ2n) is 9.82. The van der Waals surface area contributed by atoms with Gasteiger partial charge in [-0.3, -0.25) is 0 Å². The summed E-state index contributed by atoms with van der Waals surface area (Å²) in [4.78, 5) is 9.36. The van der Waals surface area contributed by atoms with Crippen LogP contribution in [0.3, 0.4) is 0 Å². The molecule has 5 rings (SSSR count). The van der Waals surface area contributed by atoms with Gasteiger partial charge in [-0.2, -0.15) is 10.4 Å². The zero-order chi connectivity index (χ0) is 24.4. The Morgan fingerprint density at radius 3 is 2.77 bits per heavy atom. The highest BCUT2D eigenvalue weighted by atomic mass is 16.5. The van der Waals surface area contributed by atoms with Gasteiger partial charge in [0.05, 0.1) is 30.1 Å². The van der Waals surface area contributed by atoms with Crippen LogP contribution >= 0.6 is 0 Å². The first-order chi connectivity index (χ1) is 17.0. The molecule has 0 saturated carbocycles. The van der Waals surface area contributed by atoms with Gasteiger partial charge in [0, 0.05) is 49.0 Å². The van der Waals surface area contributed by atoms with Crippen molar-refractivity contribution in [1.82, 2.24) is 24.8 Å². The molecule has 0 radical (unpaired) electrons. The number of morpholine rings is 1. The van der Waals surface area contributed by atoms with Gasteiger partial charge in [0.2, 0.25) is 0 Å². The quantitative estimate of drug-likeness (QED) is 0.582. The number of hydrogen-bond donors (Lipinski definition) is 1. The van der Waals surface area contributed by atoms with Crippen molar-refractivity contribution >= 4 is 11.3 Å². The molecular formula is C26H33N7O2. The third-order valence-electron chi connectivity index (χ3n) is 7.34. The summed E-state index contributed by atoms with van der Waals surface area (Å²) in [6.45, 7) is 7.16. The first kappa shape index (κ1) is 23.5. The first-order valence-corrected chi connectivity index (χ1v) is 12.2. The van der Waals surface area contributed by atoms with Gasteiger partial charge >= 0.3 is 0 Å². The van der Waals surface area contributed by atoms with Crippen LogP contribution in [0, 0.1) is 11.3 Å². The fraction of sp³-hybridized carbons (Fsp3) is 0.500. The maximum Gasteiger partial charge on any atom is 0.138 e. The van der Waals surface area contributed by atoms with Gasteiger partial charge in [0.25, 0.3) is 0 Å². The molecule has 9 nitrogen and oxygen atoms in total. The largest absolute Gasteiger partial charge is 0.489 e. The molecule has 1 N–H and O–H groups in total. The summed E-state index contributed by atoms with van der Waals surface area (Å²) < 4.78 is 13.7. The molecule has 184 valence electrons. The molecule has 0 bridgehead atoms. The predicted molar refractivity (Wildman–Crippen MR) is 135 cm³/mol. The monoisotopic (exact) mass is 475 g/mol. The average Bonchev–Trinajstić information content (AvgIpc) is 3.31. The smallest absolute Gasteiger partial charge is 0.138 e. The second kappa shape index (κ2) is 9.82. The normalized spacial score (nSPS) is 20.6. The van der Waals surface area contributed by atoms with E-state index in [1.807, 2.05) is 25.5 Å². The number of aromatic nitrogens is 3. The third-order valence-corrected chi connectivity index (χ3v) is 7.34. The number of rotatable bonds is 6. The fourth-order valence-electron chi connectivity index (χ4n) is 4.85. The average molecular weight is 476 g/mol. The lowest BCUT2D eigenvalue weighted by Crippen LogP contribution is -2.50. The van der Waals surface area contributed by atoms with E-state index in [9.17, 15) is 5.26 Å². The molecule has 2 aliphatic rings. The van der Waals surface area contributed by atoms with Crippen LogP contribution in [0.4, 0.5) is 5.82 Å². The molecule has 3 aromatic heterocycles. The number of hydrogen-bond acceptors (Lipinski definition) is 8. The highest BCUT2D eigenvalue weighted by Gasteiger charge is 2.28. The Bertz CT molecular complexity index is 1210. The number of anilines is 1. The lowest BCUT2D eigenvalue weighted by atomic mass is 9.90. The highest BCUT2D eigenvalue weighted by Crippen LogP contribution is 2.32. The summed E-state index contributed by atoms with van der Waals surface area (Å²) in [5.74, 6) is 1.66. The van der Waals surface area contributed by atoms with Crippen molar-refractivity contribution in [3.8, 4) is 22.9 Å². The lowest BCUT2D eigenvalue weighted by Gasteiger charge is -2.39. The number of piperidine rings is 1. The fourth-order valence-corrected chi connectivity index (χ4v) is 4.85. The van der Waals surface area contributed by atoms with Crippen LogP contribution in [0.1, 0.15) is 25.3 Å². The Morgan fingerprint density at radius 2 is 2.09 bits per heavy atom. The molecule has 5 heterocycles. The van der Waals surface area contributed by atoms with Crippen molar-refractivity contribution in [3.63, 3.8) is 0 Å². The SMILES string of the molecule is CNC1(C)CCN(c2ccc(-c3cc(OCC4CN(C)CCO4)cn4ncc(C#N)c34)cn2)CC1. The summed E-state index contributed by atoms with van der Waals surface area (Å²) in [6, 6.07) is 8.37. The van der Waals surface area contributed by atoms with Gasteiger partial charge in [-0.15, -0.1) is 0 Å². The molecule has 2 saturated heterocycles. The summed E-state index contributed by atoms with van der Waals surface area (Å²) in [7, 11) is 4.13.